The molecule has 4 amide bonds. The topological polar surface area (TPSA) is 187 Å². The number of nitrogens with one attached hydrogen (secondary N) is 3. The van der Waals surface area contributed by atoms with Gasteiger partial charge in [-0.15, -0.1) is 32.9 Å². The van der Waals surface area contributed by atoms with Crippen LogP contribution < -0.4 is 20.9 Å². The summed E-state index contributed by atoms with van der Waals surface area (Å²) in [7, 11) is 0. The van der Waals surface area contributed by atoms with Gasteiger partial charge in [0.25, 0.3) is 0 Å². The highest BCUT2D eigenvalue weighted by Crippen LogP contribution is 2.40. The predicted molar refractivity (Wildman–Crippen MR) is 283 cm³/mol. The van der Waals surface area contributed by atoms with Crippen LogP contribution in [0.4, 0.5) is 5.69 Å². The van der Waals surface area contributed by atoms with Crippen molar-refractivity contribution in [2.45, 2.75) is 117 Å². The van der Waals surface area contributed by atoms with E-state index >= 15 is 0 Å². The average molecular weight is 1030 g/mol. The minimum atomic E-state index is -0.953. The maximum Gasteiger partial charge on any atom is 0.246 e. The Bertz CT molecular complexity index is 3030. The molecule has 3 aliphatic heterocycles. The van der Waals surface area contributed by atoms with Crippen molar-refractivity contribution in [3.05, 3.63) is 133 Å². The number of carbonyl (C=O) groups is 4. The van der Waals surface area contributed by atoms with Crippen molar-refractivity contribution in [2.75, 3.05) is 24.5 Å². The van der Waals surface area contributed by atoms with Crippen LogP contribution >= 0.6 is 34.3 Å². The number of thiazole rings is 1. The van der Waals surface area contributed by atoms with Gasteiger partial charge < -0.3 is 30.9 Å². The highest BCUT2D eigenvalue weighted by Gasteiger charge is 2.45. The second kappa shape index (κ2) is 20.7. The van der Waals surface area contributed by atoms with Crippen molar-refractivity contribution in [3.63, 3.8) is 0 Å². The van der Waals surface area contributed by atoms with Gasteiger partial charge in [0.05, 0.1) is 46.8 Å². The zero-order valence-electron chi connectivity index (χ0n) is 41.8. The molecule has 2 fully saturated rings. The summed E-state index contributed by atoms with van der Waals surface area (Å²) in [5.74, 6) is 0.121. The number of hydrogen-bond acceptors (Lipinski definition) is 12. The van der Waals surface area contributed by atoms with Crippen molar-refractivity contribution in [3.8, 4) is 15.4 Å². The van der Waals surface area contributed by atoms with E-state index in [1.165, 1.54) is 9.78 Å². The number of aromatic nitrogens is 4. The average Bonchev–Trinajstić information content (AvgIpc) is 4.19. The molecule has 4 N–H and O–H groups in total. The lowest BCUT2D eigenvalue weighted by Crippen LogP contribution is -2.58. The summed E-state index contributed by atoms with van der Waals surface area (Å²) >= 11 is 9.54. The Morgan fingerprint density at radius 3 is 2.28 bits per heavy atom. The van der Waals surface area contributed by atoms with E-state index in [-0.39, 0.29) is 55.6 Å². The molecule has 3 aromatic heterocycles. The van der Waals surface area contributed by atoms with Gasteiger partial charge in [0, 0.05) is 58.8 Å². The SMILES string of the molecule is Cc1ncsc1-c1ccc([C@H](C)NC(=O)[C@@H]2C[C@@H](O)CN2C(=O)[C@@H](NC(=O)Cc2ccc(N3CC[C@@H](NC(=O)C[C@@H]4N=C(c5ccc(Cl)cc5)c5c(sc(C)c5C)-n5c(C)nnc54)C3)cc2)C(C)(C)C)cc1. The summed E-state index contributed by atoms with van der Waals surface area (Å²) in [5.41, 5.74) is 9.61. The summed E-state index contributed by atoms with van der Waals surface area (Å²) in [4.78, 5) is 71.2. The Kier molecular flexibility index (Phi) is 14.6. The number of anilines is 1. The van der Waals surface area contributed by atoms with E-state index in [1.54, 1.807) is 22.7 Å². The largest absolute Gasteiger partial charge is 0.391 e. The quantitative estimate of drug-likeness (QED) is 0.0892. The van der Waals surface area contributed by atoms with Crippen LogP contribution in [-0.4, -0.2) is 103 Å². The first-order valence-corrected chi connectivity index (χ1v) is 26.5. The minimum absolute atomic E-state index is 0.0140. The number of hydrogen-bond donors (Lipinski definition) is 4. The zero-order chi connectivity index (χ0) is 51.2. The summed E-state index contributed by atoms with van der Waals surface area (Å²) in [6, 6.07) is 20.5. The predicted octanol–water partition coefficient (Wildman–Crippen LogP) is 7.93. The van der Waals surface area contributed by atoms with E-state index in [9.17, 15) is 24.3 Å². The van der Waals surface area contributed by atoms with Gasteiger partial charge in [-0.3, -0.25) is 28.7 Å². The Labute approximate surface area is 433 Å². The molecule has 0 spiro atoms. The van der Waals surface area contributed by atoms with Gasteiger partial charge in [0.1, 0.15) is 29.0 Å². The van der Waals surface area contributed by atoms with Crippen LogP contribution in [0.25, 0.3) is 15.4 Å². The zero-order valence-corrected chi connectivity index (χ0v) is 44.2. The van der Waals surface area contributed by atoms with Gasteiger partial charge in [-0.05, 0) is 93.0 Å². The number of aryl methyl sites for hydroxylation is 3. The first-order valence-electron chi connectivity index (χ1n) is 24.4. The van der Waals surface area contributed by atoms with Crippen molar-refractivity contribution >= 4 is 69.3 Å². The molecule has 18 heteroatoms. The molecule has 0 aliphatic carbocycles. The lowest BCUT2D eigenvalue weighted by Gasteiger charge is -2.35. The van der Waals surface area contributed by atoms with E-state index in [0.717, 1.165) is 79.1 Å². The fourth-order valence-electron chi connectivity index (χ4n) is 9.94. The van der Waals surface area contributed by atoms with Gasteiger partial charge in [-0.25, -0.2) is 4.98 Å². The Morgan fingerprint density at radius 2 is 1.60 bits per heavy atom. The van der Waals surface area contributed by atoms with Crippen molar-refractivity contribution in [1.29, 1.82) is 0 Å². The smallest absolute Gasteiger partial charge is 0.246 e. The van der Waals surface area contributed by atoms with Crippen LogP contribution in [0.15, 0.2) is 83.3 Å². The van der Waals surface area contributed by atoms with Gasteiger partial charge in [0.2, 0.25) is 23.6 Å². The molecular weight excluding hydrogens is 968 g/mol. The molecule has 0 saturated carbocycles. The molecule has 9 rings (SSSR count). The third kappa shape index (κ3) is 10.6. The fraction of sp³-hybridized carbons (Fsp3) is 0.407. The Balaban J connectivity index is 0.800. The third-order valence-electron chi connectivity index (χ3n) is 14.0. The van der Waals surface area contributed by atoms with Crippen LogP contribution in [0.1, 0.15) is 109 Å². The number of likely N-dealkylation sites (tertiary alicyclic amines) is 1. The molecular formula is C54H61ClN10O5S2. The van der Waals surface area contributed by atoms with Crippen LogP contribution in [0.3, 0.4) is 0 Å². The molecule has 6 atom stereocenters. The summed E-state index contributed by atoms with van der Waals surface area (Å²) < 4.78 is 2.05. The summed E-state index contributed by atoms with van der Waals surface area (Å²) in [5, 5.41) is 30.7. The van der Waals surface area contributed by atoms with Crippen LogP contribution in [-0.2, 0) is 25.6 Å². The molecule has 72 heavy (non-hydrogen) atoms. The fourth-order valence-corrected chi connectivity index (χ4v) is 12.1. The number of aliphatic hydroxyl groups excluding tert-OH is 1. The van der Waals surface area contributed by atoms with Crippen LogP contribution in [0.5, 0.6) is 0 Å². The Morgan fingerprint density at radius 1 is 0.889 bits per heavy atom. The number of β-amino-alcohol motifs (C(OH)–C–C–N with tert-alkyl or cyclic N) is 1. The number of aliphatic hydroxyl groups is 1. The third-order valence-corrected chi connectivity index (χ3v) is 16.4. The molecule has 3 aromatic carbocycles. The number of nitrogens with zero attached hydrogens (tertiary/aromatic N) is 7. The van der Waals surface area contributed by atoms with Gasteiger partial charge in [-0.1, -0.05) is 80.9 Å². The number of benzene rings is 3. The van der Waals surface area contributed by atoms with Crippen LogP contribution in [0, 0.1) is 33.1 Å². The highest BCUT2D eigenvalue weighted by atomic mass is 35.5. The van der Waals surface area contributed by atoms with Crippen molar-refractivity contribution < 1.29 is 24.3 Å². The van der Waals surface area contributed by atoms with E-state index < -0.39 is 35.6 Å². The number of fused-ring (bicyclic) bond motifs is 3. The lowest BCUT2D eigenvalue weighted by atomic mass is 9.85. The molecule has 3 aliphatic rings. The number of thiophene rings is 1. The monoisotopic (exact) mass is 1030 g/mol. The highest BCUT2D eigenvalue weighted by molar-refractivity contribution is 7.15. The maximum atomic E-state index is 14.3. The van der Waals surface area contributed by atoms with E-state index in [0.29, 0.717) is 17.4 Å². The first-order chi connectivity index (χ1) is 34.3. The molecule has 2 saturated heterocycles. The maximum absolute atomic E-state index is 14.3. The molecule has 0 radical (unpaired) electrons. The van der Waals surface area contributed by atoms with Gasteiger partial charge in [-0.2, -0.15) is 0 Å². The number of rotatable bonds is 13. The van der Waals surface area contributed by atoms with Gasteiger partial charge in [0.15, 0.2) is 5.82 Å². The van der Waals surface area contributed by atoms with E-state index in [2.05, 4.69) is 49.9 Å². The van der Waals surface area contributed by atoms with Crippen LogP contribution in [0.2, 0.25) is 5.02 Å². The molecule has 6 heterocycles. The van der Waals surface area contributed by atoms with E-state index in [1.807, 2.05) is 124 Å². The molecule has 6 aromatic rings. The normalized spacial score (nSPS) is 19.5. The number of halogens is 1. The number of aliphatic imine (C=N–C) groups is 1. The number of amides is 4. The van der Waals surface area contributed by atoms with Crippen molar-refractivity contribution in [1.82, 2.24) is 40.6 Å². The molecule has 376 valence electrons. The summed E-state index contributed by atoms with van der Waals surface area (Å²) in [6.07, 6.45) is 0.0982. The number of carbonyl (C=O) groups excluding carboxylic acids is 4. The molecule has 15 nitrogen and oxygen atoms in total. The Hall–Kier alpha value is -6.27. The van der Waals surface area contributed by atoms with Gasteiger partial charge >= 0.3 is 0 Å². The second-order valence-corrected chi connectivity index (χ2v) is 22.8. The minimum Gasteiger partial charge on any atom is -0.391 e. The molecule has 0 unspecified atom stereocenters. The standard InChI is InChI=1S/C54H61ClN10O5S2/c1-29-32(4)72-53-46(29)47(36-15-17-38(55)18-16-36)59-42(50-62-61-33(5)65(50)53)25-45(68)58-39-21-22-63(26-39)40-19-9-34(10-20-40)23-44(67)60-49(54(6,7)8)52(70)64-27-41(66)24-43(64)51(69)57-30(2)35-11-13-37(14-12-35)48-31(3)56-28-71-48/h9-20,28,30,39,41-43,49,66H,21-27H2,1-8H3,(H,57,69)(H,58,68)(H,60,67)/t30-,39+,41+,42-,43-,49+/m0/s1. The van der Waals surface area contributed by atoms with E-state index in [4.69, 9.17) is 16.6 Å². The summed E-state index contributed by atoms with van der Waals surface area (Å²) in [6.45, 7) is 16.9. The van der Waals surface area contributed by atoms with Crippen molar-refractivity contribution in [2.24, 2.45) is 10.4 Å². The second-order valence-electron chi connectivity index (χ2n) is 20.3. The first kappa shape index (κ1) is 50.7. The molecule has 0 bridgehead atoms. The lowest BCUT2D eigenvalue weighted by molar-refractivity contribution is -0.144.